The first kappa shape index (κ1) is 24.0. The van der Waals surface area contributed by atoms with Crippen molar-refractivity contribution >= 4 is 71.4 Å². The van der Waals surface area contributed by atoms with Crippen molar-refractivity contribution < 1.29 is 17.6 Å². The van der Waals surface area contributed by atoms with Gasteiger partial charge in [0.2, 0.25) is 15.7 Å². The molecule has 3 aromatic rings. The van der Waals surface area contributed by atoms with Crippen molar-refractivity contribution in [1.29, 1.82) is 0 Å². The molecule has 0 spiro atoms. The fourth-order valence-electron chi connectivity index (χ4n) is 3.20. The van der Waals surface area contributed by atoms with Gasteiger partial charge in [0.05, 0.1) is 20.8 Å². The van der Waals surface area contributed by atoms with Crippen molar-refractivity contribution in [1.82, 2.24) is 10.3 Å². The number of rotatable bonds is 8. The summed E-state index contributed by atoms with van der Waals surface area (Å²) in [5.41, 5.74) is 2.43. The lowest BCUT2D eigenvalue weighted by Crippen LogP contribution is -2.32. The van der Waals surface area contributed by atoms with Crippen LogP contribution in [0.5, 0.6) is 0 Å². The minimum Gasteiger partial charge on any atom is -0.437 e. The van der Waals surface area contributed by atoms with Crippen molar-refractivity contribution in [3.05, 3.63) is 45.0 Å². The third-order valence-corrected chi connectivity index (χ3v) is 7.28. The quantitative estimate of drug-likeness (QED) is 0.224. The van der Waals surface area contributed by atoms with Gasteiger partial charge in [0.1, 0.15) is 5.76 Å². The molecule has 1 aromatic carbocycles. The van der Waals surface area contributed by atoms with Gasteiger partial charge in [0.25, 0.3) is 5.91 Å². The van der Waals surface area contributed by atoms with Crippen LogP contribution in [0.15, 0.2) is 34.7 Å². The van der Waals surface area contributed by atoms with Crippen LogP contribution in [-0.2, 0) is 10.0 Å². The second kappa shape index (κ2) is 9.86. The van der Waals surface area contributed by atoms with E-state index < -0.39 is 10.0 Å². The van der Waals surface area contributed by atoms with Gasteiger partial charge >= 0.3 is 0 Å². The number of hydrogen-bond donors (Lipinski definition) is 1. The van der Waals surface area contributed by atoms with Crippen molar-refractivity contribution in [3.63, 3.8) is 0 Å². The summed E-state index contributed by atoms with van der Waals surface area (Å²) in [6, 6.07) is 9.40. The number of hydrogen-bond acceptors (Lipinski definition) is 5. The summed E-state index contributed by atoms with van der Waals surface area (Å²) in [6.45, 7) is 2.29. The number of halogens is 2. The number of anilines is 1. The lowest BCUT2D eigenvalue weighted by atomic mass is 10.0. The zero-order valence-corrected chi connectivity index (χ0v) is 22.0. The molecule has 0 saturated heterocycles. The highest BCUT2D eigenvalue weighted by atomic mass is 127. The van der Waals surface area contributed by atoms with E-state index in [4.69, 9.17) is 4.42 Å². The third-order valence-electron chi connectivity index (χ3n) is 4.77. The molecule has 10 heteroatoms. The Hall–Kier alpha value is -1.66. The second-order valence-electron chi connectivity index (χ2n) is 7.13. The number of alkyl halides is 1. The minimum atomic E-state index is -3.54. The van der Waals surface area contributed by atoms with E-state index in [0.717, 1.165) is 22.9 Å². The Balaban J connectivity index is 2.21. The van der Waals surface area contributed by atoms with Crippen molar-refractivity contribution in [2.24, 2.45) is 0 Å². The van der Waals surface area contributed by atoms with Gasteiger partial charge in [-0.05, 0) is 48.4 Å². The predicted molar refractivity (Wildman–Crippen MR) is 136 cm³/mol. The van der Waals surface area contributed by atoms with Crippen LogP contribution < -0.4 is 9.62 Å². The van der Waals surface area contributed by atoms with E-state index in [-0.39, 0.29) is 11.6 Å². The number of aryl methyl sites for hydroxylation is 1. The second-order valence-corrected chi connectivity index (χ2v) is 11.0. The molecule has 0 unspecified atom stereocenters. The van der Waals surface area contributed by atoms with Gasteiger partial charge in [0, 0.05) is 24.5 Å². The molecule has 2 heterocycles. The summed E-state index contributed by atoms with van der Waals surface area (Å²) in [5.74, 6) is 0.412. The van der Waals surface area contributed by atoms with Crippen molar-refractivity contribution in [3.8, 4) is 11.3 Å². The van der Waals surface area contributed by atoms with Crippen LogP contribution in [0.4, 0.5) is 5.82 Å². The first-order chi connectivity index (χ1) is 14.7. The molecule has 0 aliphatic rings. The van der Waals surface area contributed by atoms with E-state index in [9.17, 15) is 13.2 Å². The SMILES string of the molecule is CNC(=O)c1c(-c2ccc(C)cc2)oc2nc(N(CCCCBr)S(C)(=O)=O)c(I)cc12. The molecule has 2 aromatic heterocycles. The van der Waals surface area contributed by atoms with Crippen LogP contribution >= 0.6 is 38.5 Å². The number of furan rings is 1. The van der Waals surface area contributed by atoms with Gasteiger partial charge in [0.15, 0.2) is 5.82 Å². The van der Waals surface area contributed by atoms with Gasteiger partial charge in [-0.2, -0.15) is 4.98 Å². The van der Waals surface area contributed by atoms with Gasteiger partial charge in [-0.15, -0.1) is 0 Å². The van der Waals surface area contributed by atoms with Crippen LogP contribution in [-0.4, -0.2) is 44.5 Å². The summed E-state index contributed by atoms with van der Waals surface area (Å²) in [7, 11) is -1.98. The number of unbranched alkanes of at least 4 members (excludes halogenated alkanes) is 1. The monoisotopic (exact) mass is 619 g/mol. The fraction of sp³-hybridized carbons (Fsp3) is 0.333. The zero-order chi connectivity index (χ0) is 22.8. The van der Waals surface area contributed by atoms with E-state index in [1.165, 1.54) is 10.6 Å². The van der Waals surface area contributed by atoms with E-state index in [0.29, 0.717) is 39.1 Å². The molecule has 0 saturated carbocycles. The Morgan fingerprint density at radius 2 is 1.94 bits per heavy atom. The number of nitrogens with one attached hydrogen (secondary N) is 1. The number of carbonyl (C=O) groups is 1. The summed E-state index contributed by atoms with van der Waals surface area (Å²) in [6.07, 6.45) is 2.69. The van der Waals surface area contributed by atoms with E-state index in [1.54, 1.807) is 13.1 Å². The molecule has 31 heavy (non-hydrogen) atoms. The van der Waals surface area contributed by atoms with Crippen LogP contribution in [0.1, 0.15) is 28.8 Å². The minimum absolute atomic E-state index is 0.221. The summed E-state index contributed by atoms with van der Waals surface area (Å²) in [5, 5.41) is 3.99. The molecule has 0 fully saturated rings. The van der Waals surface area contributed by atoms with Crippen LogP contribution in [0.25, 0.3) is 22.4 Å². The van der Waals surface area contributed by atoms with E-state index in [1.807, 2.05) is 31.2 Å². The standard InChI is InChI=1S/C21H23BrIN3O4S/c1-13-6-8-14(9-7-13)18-17(20(27)24-2)15-12-16(23)19(25-21(15)30-18)26(31(3,28)29)11-5-4-10-22/h6-9,12H,4-5,10-11H2,1-3H3,(H,24,27). The van der Waals surface area contributed by atoms with Gasteiger partial charge in [-0.25, -0.2) is 8.42 Å². The number of carbonyl (C=O) groups excluding carboxylic acids is 1. The third kappa shape index (κ3) is 5.23. The lowest BCUT2D eigenvalue weighted by molar-refractivity contribution is 0.0964. The normalized spacial score (nSPS) is 11.6. The average molecular weight is 620 g/mol. The Morgan fingerprint density at radius 3 is 2.52 bits per heavy atom. The highest BCUT2D eigenvalue weighted by molar-refractivity contribution is 14.1. The number of amides is 1. The summed E-state index contributed by atoms with van der Waals surface area (Å²) in [4.78, 5) is 17.2. The Kier molecular flexibility index (Phi) is 7.63. The smallest absolute Gasteiger partial charge is 0.255 e. The molecule has 166 valence electrons. The molecule has 0 radical (unpaired) electrons. The number of pyridine rings is 1. The Bertz CT molecular complexity index is 1210. The van der Waals surface area contributed by atoms with Crippen molar-refractivity contribution in [2.45, 2.75) is 19.8 Å². The maximum Gasteiger partial charge on any atom is 0.255 e. The molecule has 0 bridgehead atoms. The maximum absolute atomic E-state index is 12.7. The van der Waals surface area contributed by atoms with Gasteiger partial charge in [-0.1, -0.05) is 45.8 Å². The first-order valence-corrected chi connectivity index (χ1v) is 13.7. The van der Waals surface area contributed by atoms with Crippen LogP contribution in [0.3, 0.4) is 0 Å². The van der Waals surface area contributed by atoms with E-state index in [2.05, 4.69) is 48.8 Å². The lowest BCUT2D eigenvalue weighted by Gasteiger charge is -2.22. The molecular weight excluding hydrogens is 597 g/mol. The number of nitrogens with zero attached hydrogens (tertiary/aromatic N) is 2. The number of aromatic nitrogens is 1. The summed E-state index contributed by atoms with van der Waals surface area (Å²) < 4.78 is 32.9. The number of fused-ring (bicyclic) bond motifs is 1. The average Bonchev–Trinajstić information content (AvgIpc) is 3.08. The highest BCUT2D eigenvalue weighted by Gasteiger charge is 2.27. The van der Waals surface area contributed by atoms with Gasteiger partial charge in [-0.3, -0.25) is 9.10 Å². The molecular formula is C21H23BrIN3O4S. The maximum atomic E-state index is 12.7. The topological polar surface area (TPSA) is 92.5 Å². The molecule has 0 atom stereocenters. The molecule has 1 N–H and O–H groups in total. The molecule has 3 rings (SSSR count). The highest BCUT2D eigenvalue weighted by Crippen LogP contribution is 2.36. The number of benzene rings is 1. The summed E-state index contributed by atoms with van der Waals surface area (Å²) >= 11 is 5.43. The Morgan fingerprint density at radius 1 is 1.26 bits per heavy atom. The van der Waals surface area contributed by atoms with Gasteiger partial charge < -0.3 is 9.73 Å². The predicted octanol–water partition coefficient (Wildman–Crippen LogP) is 4.71. The van der Waals surface area contributed by atoms with Crippen LogP contribution in [0, 0.1) is 10.5 Å². The molecule has 7 nitrogen and oxygen atoms in total. The number of sulfonamides is 1. The van der Waals surface area contributed by atoms with Crippen molar-refractivity contribution in [2.75, 3.05) is 29.5 Å². The Labute approximate surface area is 203 Å². The first-order valence-electron chi connectivity index (χ1n) is 9.63. The molecule has 1 amide bonds. The van der Waals surface area contributed by atoms with Crippen LogP contribution in [0.2, 0.25) is 0 Å². The largest absolute Gasteiger partial charge is 0.437 e. The molecule has 0 aliphatic heterocycles. The van der Waals surface area contributed by atoms with E-state index >= 15 is 0 Å². The zero-order valence-electron chi connectivity index (χ0n) is 17.4. The fourth-order valence-corrected chi connectivity index (χ4v) is 5.40. The molecule has 0 aliphatic carbocycles.